The molecule has 0 saturated carbocycles. The molecule has 1 amide bonds. The number of anilines is 2. The molecule has 0 atom stereocenters. The number of nitrogens with zero attached hydrogens (tertiary/aromatic N) is 4. The third kappa shape index (κ3) is 5.61. The molecule has 0 unspecified atom stereocenters. The number of nitrogens with two attached hydrogens (primary N) is 1. The van der Waals surface area contributed by atoms with Gasteiger partial charge in [0.25, 0.3) is 5.91 Å². The van der Waals surface area contributed by atoms with Crippen molar-refractivity contribution in [3.8, 4) is 17.2 Å². The molecule has 0 spiro atoms. The SMILES string of the molecule is Cc1ncc(NC(=O)c2cc(C(C)(C)N)cc(C(F)(F)F)c2)cc1-c1cnc(N2CC(C)(O)C2)c(C#N)c1. The second-order valence-corrected chi connectivity index (χ2v) is 10.4. The van der Waals surface area contributed by atoms with Crippen LogP contribution in [0.2, 0.25) is 0 Å². The van der Waals surface area contributed by atoms with Gasteiger partial charge in [0.2, 0.25) is 0 Å². The molecule has 0 aliphatic carbocycles. The number of β-amino-alcohol motifs (C(OH)–C–C–N with tert-alkyl or cyclic N) is 1. The normalized spacial score (nSPS) is 15.0. The van der Waals surface area contributed by atoms with Gasteiger partial charge in [0, 0.05) is 47.2 Å². The molecule has 3 heterocycles. The number of rotatable bonds is 5. The fourth-order valence-corrected chi connectivity index (χ4v) is 4.26. The van der Waals surface area contributed by atoms with E-state index in [0.29, 0.717) is 41.3 Å². The van der Waals surface area contributed by atoms with Crippen LogP contribution in [-0.2, 0) is 11.7 Å². The quantitative estimate of drug-likeness (QED) is 0.452. The number of aliphatic hydroxyl groups is 1. The molecule has 1 aliphatic rings. The van der Waals surface area contributed by atoms with Crippen LogP contribution in [0.1, 0.15) is 53.5 Å². The minimum atomic E-state index is -4.65. The number of hydrogen-bond donors (Lipinski definition) is 3. The van der Waals surface area contributed by atoms with Crippen LogP contribution in [0.4, 0.5) is 24.7 Å². The van der Waals surface area contributed by atoms with Gasteiger partial charge in [0.15, 0.2) is 0 Å². The van der Waals surface area contributed by atoms with Crippen LogP contribution >= 0.6 is 0 Å². The van der Waals surface area contributed by atoms with Crippen LogP contribution in [0.15, 0.2) is 42.7 Å². The first-order chi connectivity index (χ1) is 17.6. The molecule has 1 fully saturated rings. The van der Waals surface area contributed by atoms with Gasteiger partial charge < -0.3 is 21.1 Å². The fraction of sp³-hybridized carbons (Fsp3) is 0.333. The standard InChI is InChI=1S/C27H27F3N6O2/c1-15-22(18-5-17(10-31)23(34-11-18)36-13-26(4,38)14-36)9-21(12-33-15)35-24(37)16-6-19(25(2,3)32)8-20(7-16)27(28,29)30/h5-9,11-12,38H,13-14,32H2,1-4H3,(H,35,37). The molecule has 1 saturated heterocycles. The van der Waals surface area contributed by atoms with E-state index in [1.807, 2.05) is 0 Å². The van der Waals surface area contributed by atoms with E-state index in [-0.39, 0.29) is 16.8 Å². The van der Waals surface area contributed by atoms with Crippen LogP contribution < -0.4 is 16.0 Å². The van der Waals surface area contributed by atoms with Crippen molar-refractivity contribution in [2.75, 3.05) is 23.3 Å². The highest BCUT2D eigenvalue weighted by molar-refractivity contribution is 6.04. The molecule has 38 heavy (non-hydrogen) atoms. The molecule has 1 aromatic carbocycles. The number of carbonyl (C=O) groups is 1. The molecule has 198 valence electrons. The minimum absolute atomic E-state index is 0.166. The summed E-state index contributed by atoms with van der Waals surface area (Å²) < 4.78 is 40.5. The number of carbonyl (C=O) groups excluding carboxylic acids is 1. The van der Waals surface area contributed by atoms with Gasteiger partial charge in [0.1, 0.15) is 11.9 Å². The Morgan fingerprint density at radius 1 is 1.13 bits per heavy atom. The molecule has 3 aromatic rings. The highest BCUT2D eigenvalue weighted by Gasteiger charge is 2.38. The zero-order chi connectivity index (χ0) is 28.0. The fourth-order valence-electron chi connectivity index (χ4n) is 4.26. The van der Waals surface area contributed by atoms with Crippen LogP contribution in [0.25, 0.3) is 11.1 Å². The smallest absolute Gasteiger partial charge is 0.386 e. The zero-order valence-electron chi connectivity index (χ0n) is 21.3. The summed E-state index contributed by atoms with van der Waals surface area (Å²) in [5.41, 5.74) is 5.40. The summed E-state index contributed by atoms with van der Waals surface area (Å²) in [7, 11) is 0. The lowest BCUT2D eigenvalue weighted by Crippen LogP contribution is -2.60. The van der Waals surface area contributed by atoms with E-state index in [2.05, 4.69) is 21.4 Å². The third-order valence-corrected chi connectivity index (χ3v) is 6.27. The number of amides is 1. The first kappa shape index (κ1) is 27.0. The Balaban J connectivity index is 1.64. The van der Waals surface area contributed by atoms with Gasteiger partial charge in [-0.1, -0.05) is 0 Å². The number of benzene rings is 1. The molecule has 0 radical (unpaired) electrons. The maximum Gasteiger partial charge on any atom is 0.416 e. The number of alkyl halides is 3. The van der Waals surface area contributed by atoms with Gasteiger partial charge in [-0.05, 0) is 63.6 Å². The van der Waals surface area contributed by atoms with E-state index in [4.69, 9.17) is 5.73 Å². The Hall–Kier alpha value is -4.01. The number of nitrogens with one attached hydrogen (secondary N) is 1. The molecule has 8 nitrogen and oxygen atoms in total. The lowest BCUT2D eigenvalue weighted by molar-refractivity contribution is -0.137. The summed E-state index contributed by atoms with van der Waals surface area (Å²) in [6, 6.07) is 8.44. The van der Waals surface area contributed by atoms with E-state index in [1.165, 1.54) is 12.3 Å². The lowest BCUT2D eigenvalue weighted by atomic mass is 9.91. The predicted octanol–water partition coefficient (Wildman–Crippen LogP) is 4.36. The van der Waals surface area contributed by atoms with Crippen LogP contribution in [0.5, 0.6) is 0 Å². The van der Waals surface area contributed by atoms with Crippen LogP contribution in [0, 0.1) is 18.3 Å². The van der Waals surface area contributed by atoms with Gasteiger partial charge in [-0.2, -0.15) is 18.4 Å². The summed E-state index contributed by atoms with van der Waals surface area (Å²) in [5, 5.41) is 22.3. The van der Waals surface area contributed by atoms with E-state index in [9.17, 15) is 28.3 Å². The van der Waals surface area contributed by atoms with Gasteiger partial charge in [-0.15, -0.1) is 0 Å². The Kier molecular flexibility index (Phi) is 6.67. The number of halogens is 3. The zero-order valence-corrected chi connectivity index (χ0v) is 21.3. The average Bonchev–Trinajstić information content (AvgIpc) is 2.82. The number of hydrogen-bond acceptors (Lipinski definition) is 7. The number of nitriles is 1. The van der Waals surface area contributed by atoms with Crippen LogP contribution in [0.3, 0.4) is 0 Å². The highest BCUT2D eigenvalue weighted by atomic mass is 19.4. The van der Waals surface area contributed by atoms with E-state index in [1.54, 1.807) is 50.9 Å². The van der Waals surface area contributed by atoms with Crippen molar-refractivity contribution in [2.45, 2.75) is 45.0 Å². The number of pyridine rings is 2. The second-order valence-electron chi connectivity index (χ2n) is 10.4. The third-order valence-electron chi connectivity index (χ3n) is 6.27. The molecule has 1 aliphatic heterocycles. The Morgan fingerprint density at radius 2 is 1.79 bits per heavy atom. The number of aromatic nitrogens is 2. The van der Waals surface area contributed by atoms with Crippen molar-refractivity contribution >= 4 is 17.4 Å². The van der Waals surface area contributed by atoms with Crippen molar-refractivity contribution in [3.05, 3.63) is 70.7 Å². The van der Waals surface area contributed by atoms with Crippen molar-refractivity contribution < 1.29 is 23.1 Å². The summed E-state index contributed by atoms with van der Waals surface area (Å²) in [5.74, 6) is -0.296. The van der Waals surface area contributed by atoms with Crippen molar-refractivity contribution in [3.63, 3.8) is 0 Å². The summed E-state index contributed by atoms with van der Waals surface area (Å²) >= 11 is 0. The summed E-state index contributed by atoms with van der Waals surface area (Å²) in [6.07, 6.45) is -1.69. The first-order valence-corrected chi connectivity index (χ1v) is 11.7. The molecule has 2 aromatic heterocycles. The van der Waals surface area contributed by atoms with Gasteiger partial charge in [0.05, 0.1) is 28.6 Å². The van der Waals surface area contributed by atoms with E-state index >= 15 is 0 Å². The predicted molar refractivity (Wildman–Crippen MR) is 136 cm³/mol. The Morgan fingerprint density at radius 3 is 2.37 bits per heavy atom. The molecular weight excluding hydrogens is 497 g/mol. The Labute approximate surface area is 217 Å². The van der Waals surface area contributed by atoms with Crippen molar-refractivity contribution in [2.24, 2.45) is 5.73 Å². The van der Waals surface area contributed by atoms with Crippen LogP contribution in [-0.4, -0.2) is 39.7 Å². The molecule has 4 rings (SSSR count). The first-order valence-electron chi connectivity index (χ1n) is 11.7. The van der Waals surface area contributed by atoms with Gasteiger partial charge >= 0.3 is 6.18 Å². The molecule has 0 bridgehead atoms. The van der Waals surface area contributed by atoms with E-state index < -0.39 is 28.8 Å². The molecule has 4 N–H and O–H groups in total. The maximum atomic E-state index is 13.5. The largest absolute Gasteiger partial charge is 0.416 e. The Bertz CT molecular complexity index is 1410. The highest BCUT2D eigenvalue weighted by Crippen LogP contribution is 2.34. The maximum absolute atomic E-state index is 13.5. The average molecular weight is 525 g/mol. The number of aryl methyl sites for hydroxylation is 1. The summed E-state index contributed by atoms with van der Waals surface area (Å²) in [6.45, 7) is 7.27. The molecular formula is C27H27F3N6O2. The second kappa shape index (κ2) is 9.38. The lowest BCUT2D eigenvalue weighted by Gasteiger charge is -2.45. The minimum Gasteiger partial charge on any atom is -0.386 e. The molecule has 11 heteroatoms. The van der Waals surface area contributed by atoms with Crippen molar-refractivity contribution in [1.29, 1.82) is 5.26 Å². The van der Waals surface area contributed by atoms with Gasteiger partial charge in [-0.3, -0.25) is 9.78 Å². The topological polar surface area (TPSA) is 128 Å². The van der Waals surface area contributed by atoms with E-state index in [0.717, 1.165) is 12.1 Å². The summed E-state index contributed by atoms with van der Waals surface area (Å²) in [4.78, 5) is 23.5. The van der Waals surface area contributed by atoms with Crippen molar-refractivity contribution in [1.82, 2.24) is 9.97 Å². The van der Waals surface area contributed by atoms with Gasteiger partial charge in [-0.25, -0.2) is 4.98 Å². The monoisotopic (exact) mass is 524 g/mol.